The molecule has 7 nitrogen and oxygen atoms in total. The number of benzene rings is 2. The fourth-order valence-electron chi connectivity index (χ4n) is 2.68. The van der Waals surface area contributed by atoms with Gasteiger partial charge < -0.3 is 10.8 Å². The first-order chi connectivity index (χ1) is 13.4. The molecule has 1 aliphatic rings. The predicted octanol–water partition coefficient (Wildman–Crippen LogP) is 3.26. The molecule has 1 heterocycles. The van der Waals surface area contributed by atoms with Gasteiger partial charge in [0.25, 0.3) is 0 Å². The van der Waals surface area contributed by atoms with Crippen LogP contribution in [0.3, 0.4) is 0 Å². The van der Waals surface area contributed by atoms with E-state index < -0.39 is 5.25 Å². The summed E-state index contributed by atoms with van der Waals surface area (Å²) < 4.78 is 0.857. The van der Waals surface area contributed by atoms with E-state index in [-0.39, 0.29) is 29.2 Å². The second kappa shape index (κ2) is 8.57. The van der Waals surface area contributed by atoms with Gasteiger partial charge in [-0.2, -0.15) is 5.10 Å². The van der Waals surface area contributed by atoms with Gasteiger partial charge in [-0.1, -0.05) is 39.8 Å². The number of phenolic OH excluding ortho intramolecular Hbond substituents is 1. The van der Waals surface area contributed by atoms with Crippen molar-refractivity contribution in [2.24, 2.45) is 15.9 Å². The van der Waals surface area contributed by atoms with Crippen LogP contribution in [0.2, 0.25) is 0 Å². The van der Waals surface area contributed by atoms with Crippen LogP contribution in [0.1, 0.15) is 18.9 Å². The van der Waals surface area contributed by atoms with Gasteiger partial charge in [-0.15, -0.1) is 5.10 Å². The minimum atomic E-state index is -0.652. The predicted molar refractivity (Wildman–Crippen MR) is 115 cm³/mol. The summed E-state index contributed by atoms with van der Waals surface area (Å²) in [5.41, 5.74) is 7.42. The van der Waals surface area contributed by atoms with Gasteiger partial charge in [-0.3, -0.25) is 9.59 Å². The summed E-state index contributed by atoms with van der Waals surface area (Å²) in [6.07, 6.45) is 0.0396. The van der Waals surface area contributed by atoms with Crippen molar-refractivity contribution in [2.75, 3.05) is 4.90 Å². The molecule has 2 aromatic carbocycles. The molecule has 2 amide bonds. The van der Waals surface area contributed by atoms with E-state index in [1.165, 1.54) is 0 Å². The third-order valence-electron chi connectivity index (χ3n) is 4.05. The number of carbonyl (C=O) groups excluding carboxylic acids is 2. The zero-order chi connectivity index (χ0) is 20.3. The summed E-state index contributed by atoms with van der Waals surface area (Å²) in [5.74, 6) is -0.532. The van der Waals surface area contributed by atoms with Gasteiger partial charge in [-0.25, -0.2) is 4.90 Å². The molecule has 0 bridgehead atoms. The summed E-state index contributed by atoms with van der Waals surface area (Å²) in [7, 11) is 0. The van der Waals surface area contributed by atoms with Crippen LogP contribution in [0, 0.1) is 0 Å². The second-order valence-corrected chi connectivity index (χ2v) is 8.13. The molecule has 0 saturated carbocycles. The first kappa shape index (κ1) is 20.1. The number of amidine groups is 1. The number of nitrogens with two attached hydrogens (primary N) is 1. The molecule has 1 saturated heterocycles. The van der Waals surface area contributed by atoms with E-state index in [2.05, 4.69) is 26.1 Å². The molecule has 0 unspecified atom stereocenters. The van der Waals surface area contributed by atoms with Gasteiger partial charge in [0.2, 0.25) is 11.8 Å². The second-order valence-electron chi connectivity index (χ2n) is 6.00. The Labute approximate surface area is 174 Å². The van der Waals surface area contributed by atoms with Crippen molar-refractivity contribution in [1.29, 1.82) is 0 Å². The van der Waals surface area contributed by atoms with Crippen molar-refractivity contribution < 1.29 is 14.7 Å². The molecular formula is C19H17BrN4O3S. The molecule has 0 radical (unpaired) electrons. The quantitative estimate of drug-likeness (QED) is 0.315. The highest BCUT2D eigenvalue weighted by Crippen LogP contribution is 2.30. The fraction of sp³-hybridized carbons (Fsp3) is 0.158. The van der Waals surface area contributed by atoms with Gasteiger partial charge in [0.05, 0.1) is 11.4 Å². The average molecular weight is 461 g/mol. The zero-order valence-electron chi connectivity index (χ0n) is 14.9. The highest BCUT2D eigenvalue weighted by Gasteiger charge is 2.40. The molecule has 0 spiro atoms. The van der Waals surface area contributed by atoms with E-state index in [4.69, 9.17) is 5.73 Å². The van der Waals surface area contributed by atoms with Crippen LogP contribution < -0.4 is 10.6 Å². The highest BCUT2D eigenvalue weighted by atomic mass is 79.9. The van der Waals surface area contributed by atoms with Gasteiger partial charge in [0.15, 0.2) is 5.17 Å². The standard InChI is InChI=1S/C19H17BrN4O3S/c1-11(14-4-2-3-5-15(14)25)22-23-19(21)28-16-10-17(26)24(18(16)27)13-8-6-12(20)7-9-13/h2-9,16,25H,10H2,1H3,(H2,21,23)/b22-11-/t16-/m0/s1. The molecule has 9 heteroatoms. The minimum absolute atomic E-state index is 0.0396. The van der Waals surface area contributed by atoms with Crippen LogP contribution in [0.5, 0.6) is 5.75 Å². The van der Waals surface area contributed by atoms with Crippen molar-refractivity contribution in [1.82, 2.24) is 0 Å². The SMILES string of the molecule is C/C(=N/N=C(N)S[C@H]1CC(=O)N(c2ccc(Br)cc2)C1=O)c1ccccc1O. The lowest BCUT2D eigenvalue weighted by atomic mass is 10.1. The van der Waals surface area contributed by atoms with Crippen molar-refractivity contribution in [3.63, 3.8) is 0 Å². The molecule has 0 aromatic heterocycles. The number of hydrogen-bond acceptors (Lipinski definition) is 6. The Kier molecular flexibility index (Phi) is 6.15. The number of carbonyl (C=O) groups is 2. The third-order valence-corrected chi connectivity index (χ3v) is 5.55. The minimum Gasteiger partial charge on any atom is -0.507 e. The van der Waals surface area contributed by atoms with Crippen molar-refractivity contribution in [2.45, 2.75) is 18.6 Å². The average Bonchev–Trinajstić information content (AvgIpc) is 2.94. The number of rotatable bonds is 4. The van der Waals surface area contributed by atoms with Gasteiger partial charge in [0, 0.05) is 16.5 Å². The van der Waals surface area contributed by atoms with E-state index in [9.17, 15) is 14.7 Å². The third kappa shape index (κ3) is 4.42. The molecule has 28 heavy (non-hydrogen) atoms. The molecule has 1 atom stereocenters. The Morgan fingerprint density at radius 3 is 2.54 bits per heavy atom. The van der Waals surface area contributed by atoms with E-state index in [0.717, 1.165) is 21.1 Å². The number of para-hydroxylation sites is 1. The first-order valence-electron chi connectivity index (χ1n) is 8.32. The lowest BCUT2D eigenvalue weighted by molar-refractivity contribution is -0.121. The molecule has 1 fully saturated rings. The van der Waals surface area contributed by atoms with Crippen molar-refractivity contribution in [3.8, 4) is 5.75 Å². The molecule has 144 valence electrons. The van der Waals surface area contributed by atoms with E-state index in [1.54, 1.807) is 55.5 Å². The number of hydrogen-bond donors (Lipinski definition) is 2. The molecule has 2 aromatic rings. The number of anilines is 1. The Hall–Kier alpha value is -2.65. The van der Waals surface area contributed by atoms with Gasteiger partial charge >= 0.3 is 0 Å². The monoisotopic (exact) mass is 460 g/mol. The number of halogens is 1. The number of thioether (sulfide) groups is 1. The maximum atomic E-state index is 12.6. The number of nitrogens with zero attached hydrogens (tertiary/aromatic N) is 3. The van der Waals surface area contributed by atoms with Crippen molar-refractivity contribution >= 4 is 56.1 Å². The van der Waals surface area contributed by atoms with Crippen LogP contribution in [0.25, 0.3) is 0 Å². The Morgan fingerprint density at radius 1 is 1.18 bits per heavy atom. The summed E-state index contributed by atoms with van der Waals surface area (Å²) in [5, 5.41) is 17.2. The fourth-order valence-corrected chi connectivity index (χ4v) is 3.76. The largest absolute Gasteiger partial charge is 0.507 e. The number of aromatic hydroxyl groups is 1. The summed E-state index contributed by atoms with van der Waals surface area (Å²) in [6.45, 7) is 1.69. The maximum absolute atomic E-state index is 12.6. The zero-order valence-corrected chi connectivity index (χ0v) is 17.3. The summed E-state index contributed by atoms with van der Waals surface area (Å²) in [4.78, 5) is 26.1. The van der Waals surface area contributed by atoms with E-state index in [1.807, 2.05) is 0 Å². The van der Waals surface area contributed by atoms with Crippen LogP contribution in [0.4, 0.5) is 5.69 Å². The normalized spacial score (nSPS) is 18.1. The first-order valence-corrected chi connectivity index (χ1v) is 9.99. The highest BCUT2D eigenvalue weighted by molar-refractivity contribution is 9.10. The number of amides is 2. The molecule has 3 rings (SSSR count). The number of phenols is 1. The van der Waals surface area contributed by atoms with E-state index in [0.29, 0.717) is 17.0 Å². The van der Waals surface area contributed by atoms with Crippen LogP contribution in [0.15, 0.2) is 63.2 Å². The lowest BCUT2D eigenvalue weighted by Crippen LogP contribution is -2.31. The smallest absolute Gasteiger partial charge is 0.247 e. The Morgan fingerprint density at radius 2 is 1.86 bits per heavy atom. The molecule has 3 N–H and O–H groups in total. The van der Waals surface area contributed by atoms with Crippen LogP contribution >= 0.6 is 27.7 Å². The Balaban J connectivity index is 1.71. The molecular weight excluding hydrogens is 444 g/mol. The maximum Gasteiger partial charge on any atom is 0.247 e. The molecule has 1 aliphatic heterocycles. The van der Waals surface area contributed by atoms with Crippen LogP contribution in [-0.4, -0.2) is 33.1 Å². The number of imide groups is 1. The van der Waals surface area contributed by atoms with E-state index >= 15 is 0 Å². The Bertz CT molecular complexity index is 975. The lowest BCUT2D eigenvalue weighted by Gasteiger charge is -2.14. The molecule has 0 aliphatic carbocycles. The van der Waals surface area contributed by atoms with Gasteiger partial charge in [0.1, 0.15) is 11.0 Å². The van der Waals surface area contributed by atoms with Crippen molar-refractivity contribution in [3.05, 3.63) is 58.6 Å². The van der Waals surface area contributed by atoms with Gasteiger partial charge in [-0.05, 0) is 43.3 Å². The summed E-state index contributed by atoms with van der Waals surface area (Å²) in [6, 6.07) is 13.7. The summed E-state index contributed by atoms with van der Waals surface area (Å²) >= 11 is 4.33. The van der Waals surface area contributed by atoms with Crippen LogP contribution in [-0.2, 0) is 9.59 Å². The topological polar surface area (TPSA) is 108 Å².